The maximum atomic E-state index is 6.71. The van der Waals surface area contributed by atoms with Crippen LogP contribution >= 0.6 is 0 Å². The average molecular weight is 787 g/mol. The van der Waals surface area contributed by atoms with E-state index < -0.39 is 0 Å². The monoisotopic (exact) mass is 786 g/mol. The van der Waals surface area contributed by atoms with E-state index in [0.717, 1.165) is 49.3 Å². The number of fused-ring (bicyclic) bond motifs is 14. The normalized spacial score (nSPS) is 12.2. The van der Waals surface area contributed by atoms with Crippen molar-refractivity contribution in [1.29, 1.82) is 0 Å². The Morgan fingerprint density at radius 2 is 0.581 bits per heavy atom. The van der Waals surface area contributed by atoms with Crippen molar-refractivity contribution in [2.45, 2.75) is 0 Å². The zero-order chi connectivity index (χ0) is 40.5. The summed E-state index contributed by atoms with van der Waals surface area (Å²) < 4.78 is 13.0. The van der Waals surface area contributed by atoms with Crippen LogP contribution in [-0.2, 0) is 0 Å². The van der Waals surface area contributed by atoms with Crippen molar-refractivity contribution in [3.8, 4) is 33.4 Å². The first kappa shape index (κ1) is 33.6. The molecular formula is C60H34O2. The van der Waals surface area contributed by atoms with E-state index in [4.69, 9.17) is 8.83 Å². The molecule has 0 saturated carbocycles. The standard InChI is InChI=1S/C60H34O2/c1-2-14-38-35(13-1)25-28-49-39(38)29-30-50-52-34-37(27-32-55(52)62-60(49)50)57-43-18-5-9-22-47(43)59(48-23-10-6-19-44(48)57)58-45-20-7-3-16-41(45)56(42-17-4-8-21-46(42)58)36-26-31-54-51(33-36)40-15-11-12-24-53(40)61-54/h1-34H. The number of hydrogen-bond acceptors (Lipinski definition) is 2. The Morgan fingerprint density at radius 3 is 1.13 bits per heavy atom. The highest BCUT2D eigenvalue weighted by Gasteiger charge is 2.23. The van der Waals surface area contributed by atoms with Gasteiger partial charge in [0.2, 0.25) is 0 Å². The molecule has 0 atom stereocenters. The maximum absolute atomic E-state index is 6.71. The third-order valence-corrected chi connectivity index (χ3v) is 13.4. The molecule has 0 bridgehead atoms. The van der Waals surface area contributed by atoms with Crippen LogP contribution in [0.1, 0.15) is 0 Å². The quantitative estimate of drug-likeness (QED) is 0.132. The van der Waals surface area contributed by atoms with Crippen LogP contribution in [0.4, 0.5) is 0 Å². The van der Waals surface area contributed by atoms with E-state index >= 15 is 0 Å². The molecule has 0 amide bonds. The maximum Gasteiger partial charge on any atom is 0.143 e. The highest BCUT2D eigenvalue weighted by Crippen LogP contribution is 2.51. The highest BCUT2D eigenvalue weighted by molar-refractivity contribution is 6.30. The molecule has 0 aliphatic carbocycles. The van der Waals surface area contributed by atoms with Gasteiger partial charge in [0, 0.05) is 26.9 Å². The van der Waals surface area contributed by atoms with Gasteiger partial charge in [-0.1, -0.05) is 164 Å². The Balaban J connectivity index is 1.04. The minimum Gasteiger partial charge on any atom is -0.456 e. The van der Waals surface area contributed by atoms with Gasteiger partial charge in [-0.15, -0.1) is 0 Å². The molecular weight excluding hydrogens is 753 g/mol. The Bertz CT molecular complexity index is 4110. The molecule has 0 spiro atoms. The summed E-state index contributed by atoms with van der Waals surface area (Å²) in [7, 11) is 0. The number of benzene rings is 12. The van der Waals surface area contributed by atoms with E-state index in [1.807, 2.05) is 6.07 Å². The van der Waals surface area contributed by atoms with Gasteiger partial charge in [0.05, 0.1) is 0 Å². The van der Waals surface area contributed by atoms with Crippen LogP contribution in [-0.4, -0.2) is 0 Å². The first-order valence-electron chi connectivity index (χ1n) is 21.3. The zero-order valence-electron chi connectivity index (χ0n) is 33.4. The molecule has 0 aliphatic rings. The lowest BCUT2D eigenvalue weighted by molar-refractivity contribution is 0.669. The van der Waals surface area contributed by atoms with Crippen molar-refractivity contribution in [3.05, 3.63) is 206 Å². The predicted molar refractivity (Wildman–Crippen MR) is 262 cm³/mol. The largest absolute Gasteiger partial charge is 0.456 e. The molecule has 14 rings (SSSR count). The lowest BCUT2D eigenvalue weighted by atomic mass is 9.81. The van der Waals surface area contributed by atoms with Gasteiger partial charge in [-0.2, -0.15) is 0 Å². The fourth-order valence-electron chi connectivity index (χ4n) is 10.8. The molecule has 0 aliphatic heterocycles. The van der Waals surface area contributed by atoms with E-state index in [1.54, 1.807) is 0 Å². The smallest absolute Gasteiger partial charge is 0.143 e. The molecule has 0 unspecified atom stereocenters. The molecule has 2 nitrogen and oxygen atoms in total. The summed E-state index contributed by atoms with van der Waals surface area (Å²) in [4.78, 5) is 0. The third kappa shape index (κ3) is 4.64. The topological polar surface area (TPSA) is 26.3 Å². The van der Waals surface area contributed by atoms with E-state index in [1.165, 1.54) is 92.6 Å². The Kier molecular flexibility index (Phi) is 6.86. The molecule has 2 heterocycles. The molecule has 286 valence electrons. The fraction of sp³-hybridized carbons (Fsp3) is 0. The molecule has 14 aromatic rings. The van der Waals surface area contributed by atoms with Crippen molar-refractivity contribution in [1.82, 2.24) is 0 Å². The van der Waals surface area contributed by atoms with Crippen molar-refractivity contribution in [2.24, 2.45) is 0 Å². The molecule has 2 aromatic heterocycles. The van der Waals surface area contributed by atoms with Gasteiger partial charge in [-0.25, -0.2) is 0 Å². The van der Waals surface area contributed by atoms with Crippen LogP contribution in [0, 0.1) is 0 Å². The number of rotatable bonds is 3. The molecule has 0 N–H and O–H groups in total. The summed E-state index contributed by atoms with van der Waals surface area (Å²) in [5.74, 6) is 0. The van der Waals surface area contributed by atoms with Crippen molar-refractivity contribution >= 4 is 109 Å². The van der Waals surface area contributed by atoms with Crippen LogP contribution < -0.4 is 0 Å². The lowest BCUT2D eigenvalue weighted by Gasteiger charge is -2.22. The van der Waals surface area contributed by atoms with E-state index in [-0.39, 0.29) is 0 Å². The Hall–Kier alpha value is -8.20. The summed E-state index contributed by atoms with van der Waals surface area (Å²) in [5.41, 5.74) is 11.0. The van der Waals surface area contributed by atoms with E-state index in [2.05, 4.69) is 200 Å². The van der Waals surface area contributed by atoms with Crippen LogP contribution in [0.3, 0.4) is 0 Å². The minimum absolute atomic E-state index is 0.896. The Labute approximate surface area is 355 Å². The number of hydrogen-bond donors (Lipinski definition) is 0. The lowest BCUT2D eigenvalue weighted by Crippen LogP contribution is -1.94. The number of para-hydroxylation sites is 1. The predicted octanol–water partition coefficient (Wildman–Crippen LogP) is 17.4. The SMILES string of the molecule is c1ccc2c(c1)ccc1c2ccc2c3cc(-c4c5ccccc5c(-c5c6ccccc6c(-c6ccc7oc8ccccc8c7c6)c6ccccc56)c5ccccc45)ccc3oc21. The van der Waals surface area contributed by atoms with Gasteiger partial charge in [-0.3, -0.25) is 0 Å². The van der Waals surface area contributed by atoms with Gasteiger partial charge >= 0.3 is 0 Å². The fourth-order valence-corrected chi connectivity index (χ4v) is 10.8. The molecule has 0 saturated heterocycles. The molecule has 62 heavy (non-hydrogen) atoms. The van der Waals surface area contributed by atoms with Crippen molar-refractivity contribution < 1.29 is 8.83 Å². The third-order valence-electron chi connectivity index (χ3n) is 13.4. The van der Waals surface area contributed by atoms with Gasteiger partial charge < -0.3 is 8.83 Å². The molecule has 12 aromatic carbocycles. The highest BCUT2D eigenvalue weighted by atomic mass is 16.3. The van der Waals surface area contributed by atoms with Gasteiger partial charge in [0.1, 0.15) is 22.3 Å². The molecule has 2 heteroatoms. The summed E-state index contributed by atoms with van der Waals surface area (Å²) in [6.07, 6.45) is 0. The van der Waals surface area contributed by atoms with Gasteiger partial charge in [-0.05, 0) is 135 Å². The van der Waals surface area contributed by atoms with Crippen LogP contribution in [0.2, 0.25) is 0 Å². The zero-order valence-corrected chi connectivity index (χ0v) is 33.4. The molecule has 0 radical (unpaired) electrons. The van der Waals surface area contributed by atoms with Gasteiger partial charge in [0.15, 0.2) is 0 Å². The van der Waals surface area contributed by atoms with Crippen molar-refractivity contribution in [2.75, 3.05) is 0 Å². The van der Waals surface area contributed by atoms with Gasteiger partial charge in [0.25, 0.3) is 0 Å². The average Bonchev–Trinajstić information content (AvgIpc) is 3.90. The van der Waals surface area contributed by atoms with Crippen LogP contribution in [0.5, 0.6) is 0 Å². The summed E-state index contributed by atoms with van der Waals surface area (Å²) in [6, 6.07) is 75.2. The number of furan rings is 2. The summed E-state index contributed by atoms with van der Waals surface area (Å²) in [5, 5.41) is 19.2. The van der Waals surface area contributed by atoms with Crippen LogP contribution in [0.25, 0.3) is 142 Å². The van der Waals surface area contributed by atoms with Crippen LogP contribution in [0.15, 0.2) is 215 Å². The minimum atomic E-state index is 0.896. The first-order chi connectivity index (χ1) is 30.8. The van der Waals surface area contributed by atoms with E-state index in [0.29, 0.717) is 0 Å². The van der Waals surface area contributed by atoms with E-state index in [9.17, 15) is 0 Å². The summed E-state index contributed by atoms with van der Waals surface area (Å²) >= 11 is 0. The second-order valence-electron chi connectivity index (χ2n) is 16.6. The second-order valence-corrected chi connectivity index (χ2v) is 16.6. The first-order valence-corrected chi connectivity index (χ1v) is 21.3. The second kappa shape index (κ2) is 12.7. The summed E-state index contributed by atoms with van der Waals surface area (Å²) in [6.45, 7) is 0. The van der Waals surface area contributed by atoms with Crippen molar-refractivity contribution in [3.63, 3.8) is 0 Å². The molecule has 0 fully saturated rings. The Morgan fingerprint density at radius 1 is 0.210 bits per heavy atom.